The number of carbonyl (C=O) groups is 2. The van der Waals surface area contributed by atoms with Crippen molar-refractivity contribution in [3.63, 3.8) is 0 Å². The standard InChI is InChI=1S/C17H18N4O5/c22-13(11-1-5-14-15(9-11)25-8-7-24-14)4-6-17(23)26-10-16-18-19-20-21(16)12-2-3-12/h1,5,9,12H,2-4,6-8,10H2. The van der Waals surface area contributed by atoms with E-state index in [1.807, 2.05) is 0 Å². The van der Waals surface area contributed by atoms with E-state index < -0.39 is 5.97 Å². The normalized spacial score (nSPS) is 15.5. The van der Waals surface area contributed by atoms with Gasteiger partial charge in [-0.2, -0.15) is 0 Å². The van der Waals surface area contributed by atoms with E-state index in [9.17, 15) is 9.59 Å². The molecule has 0 unspecified atom stereocenters. The van der Waals surface area contributed by atoms with Gasteiger partial charge >= 0.3 is 5.97 Å². The zero-order chi connectivity index (χ0) is 17.9. The molecular weight excluding hydrogens is 340 g/mol. The molecule has 1 saturated carbocycles. The summed E-state index contributed by atoms with van der Waals surface area (Å²) in [6.45, 7) is 0.966. The number of carbonyl (C=O) groups excluding carboxylic acids is 2. The Morgan fingerprint density at radius 2 is 1.96 bits per heavy atom. The van der Waals surface area contributed by atoms with Gasteiger partial charge < -0.3 is 14.2 Å². The van der Waals surface area contributed by atoms with Gasteiger partial charge in [-0.05, 0) is 41.5 Å². The second-order valence-corrected chi connectivity index (χ2v) is 6.21. The van der Waals surface area contributed by atoms with Crippen molar-refractivity contribution in [2.24, 2.45) is 0 Å². The molecule has 1 aromatic heterocycles. The average Bonchev–Trinajstić information content (AvgIpc) is 3.41. The maximum absolute atomic E-state index is 12.3. The maximum atomic E-state index is 12.3. The molecule has 1 aliphatic carbocycles. The van der Waals surface area contributed by atoms with Gasteiger partial charge in [-0.25, -0.2) is 4.68 Å². The van der Waals surface area contributed by atoms with Crippen molar-refractivity contribution in [2.75, 3.05) is 13.2 Å². The van der Waals surface area contributed by atoms with Crippen molar-refractivity contribution in [3.05, 3.63) is 29.6 Å². The van der Waals surface area contributed by atoms with Crippen LogP contribution in [0.5, 0.6) is 11.5 Å². The van der Waals surface area contributed by atoms with E-state index in [2.05, 4.69) is 15.5 Å². The second-order valence-electron chi connectivity index (χ2n) is 6.21. The number of hydrogen-bond donors (Lipinski definition) is 0. The van der Waals surface area contributed by atoms with Gasteiger partial charge in [-0.3, -0.25) is 9.59 Å². The summed E-state index contributed by atoms with van der Waals surface area (Å²) in [7, 11) is 0. The fourth-order valence-electron chi connectivity index (χ4n) is 2.70. The van der Waals surface area contributed by atoms with Gasteiger partial charge in [-0.15, -0.1) is 5.10 Å². The average molecular weight is 358 g/mol. The predicted molar refractivity (Wildman–Crippen MR) is 86.9 cm³/mol. The third kappa shape index (κ3) is 3.66. The lowest BCUT2D eigenvalue weighted by atomic mass is 10.1. The minimum Gasteiger partial charge on any atom is -0.486 e. The first kappa shape index (κ1) is 16.5. The zero-order valence-corrected chi connectivity index (χ0v) is 14.1. The van der Waals surface area contributed by atoms with Crippen molar-refractivity contribution < 1.29 is 23.8 Å². The summed E-state index contributed by atoms with van der Waals surface area (Å²) in [5.41, 5.74) is 0.486. The van der Waals surface area contributed by atoms with E-state index in [-0.39, 0.29) is 25.2 Å². The van der Waals surface area contributed by atoms with Crippen LogP contribution < -0.4 is 9.47 Å². The monoisotopic (exact) mass is 358 g/mol. The molecule has 136 valence electrons. The van der Waals surface area contributed by atoms with Crippen LogP contribution in [0.4, 0.5) is 0 Å². The van der Waals surface area contributed by atoms with Crippen LogP contribution in [0.1, 0.15) is 47.9 Å². The van der Waals surface area contributed by atoms with Gasteiger partial charge in [0.2, 0.25) is 0 Å². The summed E-state index contributed by atoms with van der Waals surface area (Å²) in [5.74, 6) is 1.10. The van der Waals surface area contributed by atoms with Crippen molar-refractivity contribution in [1.82, 2.24) is 20.2 Å². The number of ketones is 1. The summed E-state index contributed by atoms with van der Waals surface area (Å²) in [4.78, 5) is 24.2. The molecule has 2 heterocycles. The molecule has 9 heteroatoms. The number of esters is 1. The van der Waals surface area contributed by atoms with Gasteiger partial charge in [0.15, 0.2) is 29.7 Å². The third-order valence-electron chi connectivity index (χ3n) is 4.24. The van der Waals surface area contributed by atoms with E-state index in [4.69, 9.17) is 14.2 Å². The van der Waals surface area contributed by atoms with E-state index in [0.29, 0.717) is 42.1 Å². The van der Waals surface area contributed by atoms with Crippen LogP contribution in [0.3, 0.4) is 0 Å². The van der Waals surface area contributed by atoms with Crippen molar-refractivity contribution in [2.45, 2.75) is 38.3 Å². The number of aromatic nitrogens is 4. The second kappa shape index (κ2) is 7.11. The fraction of sp³-hybridized carbons (Fsp3) is 0.471. The molecule has 2 aliphatic rings. The lowest BCUT2D eigenvalue weighted by molar-refractivity contribution is -0.145. The van der Waals surface area contributed by atoms with E-state index in [0.717, 1.165) is 12.8 Å². The Labute approximate surface area is 149 Å². The lowest BCUT2D eigenvalue weighted by Crippen LogP contribution is -2.16. The molecule has 0 N–H and O–H groups in total. The van der Waals surface area contributed by atoms with Gasteiger partial charge in [0.05, 0.1) is 12.5 Å². The number of nitrogens with zero attached hydrogens (tertiary/aromatic N) is 4. The van der Waals surface area contributed by atoms with E-state index >= 15 is 0 Å². The van der Waals surface area contributed by atoms with Crippen LogP contribution >= 0.6 is 0 Å². The maximum Gasteiger partial charge on any atom is 0.306 e. The lowest BCUT2D eigenvalue weighted by Gasteiger charge is -2.18. The first-order valence-electron chi connectivity index (χ1n) is 8.56. The topological polar surface area (TPSA) is 105 Å². The molecule has 1 fully saturated rings. The number of Topliss-reactive ketones (excluding diaryl/α,β-unsaturated/α-hetero) is 1. The number of rotatable bonds is 7. The molecule has 0 radical (unpaired) electrons. The molecule has 0 bridgehead atoms. The highest BCUT2D eigenvalue weighted by Crippen LogP contribution is 2.34. The number of fused-ring (bicyclic) bond motifs is 1. The number of tetrazole rings is 1. The van der Waals surface area contributed by atoms with Crippen LogP contribution in [0.15, 0.2) is 18.2 Å². The summed E-state index contributed by atoms with van der Waals surface area (Å²) in [6.07, 6.45) is 2.14. The molecular formula is C17H18N4O5. The molecule has 1 aliphatic heterocycles. The molecule has 0 atom stereocenters. The summed E-state index contributed by atoms with van der Waals surface area (Å²) in [5, 5.41) is 11.4. The van der Waals surface area contributed by atoms with Crippen molar-refractivity contribution >= 4 is 11.8 Å². The van der Waals surface area contributed by atoms with Gasteiger partial charge in [0, 0.05) is 12.0 Å². The third-order valence-corrected chi connectivity index (χ3v) is 4.24. The van der Waals surface area contributed by atoms with Crippen LogP contribution in [0.25, 0.3) is 0 Å². The van der Waals surface area contributed by atoms with Gasteiger partial charge in [-0.1, -0.05) is 0 Å². The molecule has 9 nitrogen and oxygen atoms in total. The molecule has 1 aromatic carbocycles. The highest BCUT2D eigenvalue weighted by atomic mass is 16.6. The number of ether oxygens (including phenoxy) is 3. The highest BCUT2D eigenvalue weighted by molar-refractivity contribution is 5.98. The Morgan fingerprint density at radius 3 is 2.77 bits per heavy atom. The predicted octanol–water partition coefficient (Wildman–Crippen LogP) is 1.49. The smallest absolute Gasteiger partial charge is 0.306 e. The van der Waals surface area contributed by atoms with Crippen LogP contribution in [0.2, 0.25) is 0 Å². The van der Waals surface area contributed by atoms with E-state index in [1.54, 1.807) is 22.9 Å². The van der Waals surface area contributed by atoms with Gasteiger partial charge in [0.1, 0.15) is 13.2 Å². The molecule has 0 saturated heterocycles. The number of benzene rings is 1. The minimum absolute atomic E-state index is 0.00172. The zero-order valence-electron chi connectivity index (χ0n) is 14.1. The Hall–Kier alpha value is -2.97. The first-order chi connectivity index (χ1) is 12.7. The molecule has 4 rings (SSSR count). The molecule has 0 spiro atoms. The van der Waals surface area contributed by atoms with Crippen molar-refractivity contribution in [1.29, 1.82) is 0 Å². The Balaban J connectivity index is 1.27. The Morgan fingerprint density at radius 1 is 1.15 bits per heavy atom. The summed E-state index contributed by atoms with van der Waals surface area (Å²) < 4.78 is 17.8. The van der Waals surface area contributed by atoms with Crippen LogP contribution in [-0.2, 0) is 16.1 Å². The van der Waals surface area contributed by atoms with Crippen LogP contribution in [0, 0.1) is 0 Å². The minimum atomic E-state index is -0.457. The summed E-state index contributed by atoms with van der Waals surface area (Å²) in [6, 6.07) is 5.34. The largest absolute Gasteiger partial charge is 0.486 e. The number of hydrogen-bond acceptors (Lipinski definition) is 8. The molecule has 26 heavy (non-hydrogen) atoms. The molecule has 0 amide bonds. The van der Waals surface area contributed by atoms with Crippen molar-refractivity contribution in [3.8, 4) is 11.5 Å². The molecule has 2 aromatic rings. The van der Waals surface area contributed by atoms with Gasteiger partial charge in [0.25, 0.3) is 0 Å². The Bertz CT molecular complexity index is 830. The Kier molecular flexibility index (Phi) is 4.51. The van der Waals surface area contributed by atoms with E-state index in [1.165, 1.54) is 0 Å². The summed E-state index contributed by atoms with van der Waals surface area (Å²) >= 11 is 0. The fourth-order valence-corrected chi connectivity index (χ4v) is 2.70. The SMILES string of the molecule is O=C(CCC(=O)c1ccc2c(c1)OCCO2)OCc1nnnn1C1CC1. The highest BCUT2D eigenvalue weighted by Gasteiger charge is 2.28. The van der Waals surface area contributed by atoms with Crippen LogP contribution in [-0.4, -0.2) is 45.2 Å². The first-order valence-corrected chi connectivity index (χ1v) is 8.56. The quantitative estimate of drug-likeness (QED) is 0.541.